The number of amides is 1. The fourth-order valence-electron chi connectivity index (χ4n) is 2.72. The van der Waals surface area contributed by atoms with Gasteiger partial charge in [-0.2, -0.15) is 0 Å². The maximum atomic E-state index is 12.2. The molecule has 1 N–H and O–H groups in total. The van der Waals surface area contributed by atoms with Gasteiger partial charge in [0.1, 0.15) is 17.9 Å². The molecule has 3 aromatic rings. The fraction of sp³-hybridized carbons (Fsp3) is 0.286. The Balaban J connectivity index is 1.56. The van der Waals surface area contributed by atoms with Crippen LogP contribution >= 0.6 is 0 Å². The lowest BCUT2D eigenvalue weighted by atomic mass is 9.86. The van der Waals surface area contributed by atoms with Crippen molar-refractivity contribution in [1.29, 1.82) is 0 Å². The van der Waals surface area contributed by atoms with Gasteiger partial charge in [-0.05, 0) is 29.2 Å². The quantitative estimate of drug-likeness (QED) is 0.696. The number of hydrogen-bond acceptors (Lipinski definition) is 3. The number of fused-ring (bicyclic) bond motifs is 1. The van der Waals surface area contributed by atoms with Crippen LogP contribution in [-0.4, -0.2) is 19.1 Å². The Bertz CT molecular complexity index is 841. The number of carbonyl (C=O) groups is 1. The van der Waals surface area contributed by atoms with Crippen LogP contribution in [0.4, 0.5) is 0 Å². The van der Waals surface area contributed by atoms with E-state index in [0.29, 0.717) is 24.5 Å². The Labute approximate surface area is 147 Å². The van der Waals surface area contributed by atoms with Crippen molar-refractivity contribution in [1.82, 2.24) is 5.32 Å². The van der Waals surface area contributed by atoms with Crippen LogP contribution in [0, 0.1) is 0 Å². The molecule has 25 heavy (non-hydrogen) atoms. The van der Waals surface area contributed by atoms with Crippen molar-refractivity contribution in [3.8, 4) is 5.75 Å². The maximum absolute atomic E-state index is 12.2. The normalized spacial score (nSPS) is 11.5. The lowest BCUT2D eigenvalue weighted by molar-refractivity contribution is 0.0921. The van der Waals surface area contributed by atoms with E-state index in [9.17, 15) is 4.79 Å². The molecule has 0 unspecified atom stereocenters. The summed E-state index contributed by atoms with van der Waals surface area (Å²) < 4.78 is 11.4. The Kier molecular flexibility index (Phi) is 4.79. The van der Waals surface area contributed by atoms with Crippen molar-refractivity contribution < 1.29 is 13.9 Å². The summed E-state index contributed by atoms with van der Waals surface area (Å²) in [4.78, 5) is 12.2. The van der Waals surface area contributed by atoms with E-state index in [-0.39, 0.29) is 11.3 Å². The van der Waals surface area contributed by atoms with Gasteiger partial charge in [0.25, 0.3) is 5.91 Å². The minimum absolute atomic E-state index is 0.00805. The van der Waals surface area contributed by atoms with Crippen LogP contribution in [0.15, 0.2) is 59.0 Å². The fourth-order valence-corrected chi connectivity index (χ4v) is 2.72. The minimum atomic E-state index is -0.232. The largest absolute Gasteiger partial charge is 0.491 e. The molecule has 0 aliphatic heterocycles. The van der Waals surface area contributed by atoms with Crippen molar-refractivity contribution in [2.45, 2.75) is 26.2 Å². The molecular formula is C21H23NO3. The van der Waals surface area contributed by atoms with Gasteiger partial charge in [-0.1, -0.05) is 57.2 Å². The molecule has 4 nitrogen and oxygen atoms in total. The molecule has 1 heterocycles. The SMILES string of the molecule is CC(C)(C)c1ccccc1OCCNC(=O)c1cc2ccccc2o1. The first-order chi connectivity index (χ1) is 11.9. The van der Waals surface area contributed by atoms with Crippen LogP contribution in [0.2, 0.25) is 0 Å². The number of ether oxygens (including phenoxy) is 1. The van der Waals surface area contributed by atoms with Gasteiger partial charge >= 0.3 is 0 Å². The standard InChI is InChI=1S/C21H23NO3/c1-21(2,3)16-9-5-7-11-18(16)24-13-12-22-20(23)19-14-15-8-4-6-10-17(15)25-19/h4-11,14H,12-13H2,1-3H3,(H,22,23). The summed E-state index contributed by atoms with van der Waals surface area (Å²) in [6, 6.07) is 17.3. The van der Waals surface area contributed by atoms with Crippen molar-refractivity contribution in [2.75, 3.05) is 13.2 Å². The number of rotatable bonds is 5. The van der Waals surface area contributed by atoms with Gasteiger partial charge in [0.05, 0.1) is 6.54 Å². The minimum Gasteiger partial charge on any atom is -0.491 e. The van der Waals surface area contributed by atoms with Crippen LogP contribution in [-0.2, 0) is 5.41 Å². The Morgan fingerprint density at radius 3 is 2.56 bits per heavy atom. The number of benzene rings is 2. The first-order valence-electron chi connectivity index (χ1n) is 8.44. The molecule has 0 spiro atoms. The van der Waals surface area contributed by atoms with E-state index in [1.807, 2.05) is 42.5 Å². The van der Waals surface area contributed by atoms with E-state index in [4.69, 9.17) is 9.15 Å². The molecule has 1 amide bonds. The van der Waals surface area contributed by atoms with Crippen molar-refractivity contribution in [2.24, 2.45) is 0 Å². The zero-order valence-electron chi connectivity index (χ0n) is 14.8. The van der Waals surface area contributed by atoms with Crippen LogP contribution < -0.4 is 10.1 Å². The van der Waals surface area contributed by atoms with E-state index >= 15 is 0 Å². The third-order valence-corrected chi connectivity index (χ3v) is 3.99. The summed E-state index contributed by atoms with van der Waals surface area (Å²) >= 11 is 0. The molecular weight excluding hydrogens is 314 g/mol. The Morgan fingerprint density at radius 2 is 1.80 bits per heavy atom. The molecule has 0 atom stereocenters. The summed E-state index contributed by atoms with van der Waals surface area (Å²) in [5.74, 6) is 0.938. The van der Waals surface area contributed by atoms with Crippen LogP contribution in [0.1, 0.15) is 36.9 Å². The van der Waals surface area contributed by atoms with Gasteiger partial charge in [0.2, 0.25) is 0 Å². The second-order valence-corrected chi connectivity index (χ2v) is 7.00. The summed E-state index contributed by atoms with van der Waals surface area (Å²) in [6.45, 7) is 7.27. The summed E-state index contributed by atoms with van der Waals surface area (Å²) in [7, 11) is 0. The van der Waals surface area contributed by atoms with E-state index in [1.165, 1.54) is 0 Å². The van der Waals surface area contributed by atoms with Gasteiger partial charge in [-0.15, -0.1) is 0 Å². The predicted molar refractivity (Wildman–Crippen MR) is 99.2 cm³/mol. The molecule has 130 valence electrons. The second kappa shape index (κ2) is 7.01. The van der Waals surface area contributed by atoms with Crippen molar-refractivity contribution in [3.63, 3.8) is 0 Å². The highest BCUT2D eigenvalue weighted by Gasteiger charge is 2.18. The number of carbonyl (C=O) groups excluding carboxylic acids is 1. The molecule has 0 aliphatic rings. The Morgan fingerprint density at radius 1 is 1.08 bits per heavy atom. The highest BCUT2D eigenvalue weighted by Crippen LogP contribution is 2.30. The van der Waals surface area contributed by atoms with E-state index in [2.05, 4.69) is 32.2 Å². The monoisotopic (exact) mass is 337 g/mol. The lowest BCUT2D eigenvalue weighted by Crippen LogP contribution is -2.28. The number of nitrogens with one attached hydrogen (secondary N) is 1. The second-order valence-electron chi connectivity index (χ2n) is 7.00. The molecule has 0 saturated carbocycles. The average molecular weight is 337 g/mol. The van der Waals surface area contributed by atoms with Gasteiger partial charge in [-0.3, -0.25) is 4.79 Å². The van der Waals surface area contributed by atoms with Crippen molar-refractivity contribution in [3.05, 3.63) is 65.9 Å². The molecule has 3 rings (SSSR count). The molecule has 4 heteroatoms. The highest BCUT2D eigenvalue weighted by molar-refractivity contribution is 5.96. The van der Waals surface area contributed by atoms with Crippen LogP contribution in [0.25, 0.3) is 11.0 Å². The average Bonchev–Trinajstić information content (AvgIpc) is 3.02. The summed E-state index contributed by atoms with van der Waals surface area (Å²) in [5, 5.41) is 3.75. The molecule has 1 aromatic heterocycles. The van der Waals surface area contributed by atoms with E-state index in [1.54, 1.807) is 6.07 Å². The predicted octanol–water partition coefficient (Wildman–Crippen LogP) is 4.54. The molecule has 2 aromatic carbocycles. The maximum Gasteiger partial charge on any atom is 0.287 e. The number of furan rings is 1. The number of hydrogen-bond donors (Lipinski definition) is 1. The molecule has 0 fully saturated rings. The highest BCUT2D eigenvalue weighted by atomic mass is 16.5. The van der Waals surface area contributed by atoms with Gasteiger partial charge in [0.15, 0.2) is 5.76 Å². The first kappa shape index (κ1) is 17.1. The van der Waals surface area contributed by atoms with Crippen LogP contribution in [0.5, 0.6) is 5.75 Å². The lowest BCUT2D eigenvalue weighted by Gasteiger charge is -2.22. The first-order valence-corrected chi connectivity index (χ1v) is 8.44. The third-order valence-electron chi connectivity index (χ3n) is 3.99. The van der Waals surface area contributed by atoms with Crippen molar-refractivity contribution >= 4 is 16.9 Å². The van der Waals surface area contributed by atoms with E-state index in [0.717, 1.165) is 16.7 Å². The van der Waals surface area contributed by atoms with Gasteiger partial charge in [-0.25, -0.2) is 0 Å². The molecule has 0 aliphatic carbocycles. The summed E-state index contributed by atoms with van der Waals surface area (Å²) in [5.41, 5.74) is 1.87. The third kappa shape index (κ3) is 4.02. The molecule has 0 radical (unpaired) electrons. The van der Waals surface area contributed by atoms with Gasteiger partial charge < -0.3 is 14.5 Å². The zero-order chi connectivity index (χ0) is 17.9. The van der Waals surface area contributed by atoms with Gasteiger partial charge in [0, 0.05) is 5.39 Å². The Hall–Kier alpha value is -2.75. The van der Waals surface area contributed by atoms with Crippen LogP contribution in [0.3, 0.4) is 0 Å². The molecule has 0 bridgehead atoms. The van der Waals surface area contributed by atoms with E-state index < -0.39 is 0 Å². The zero-order valence-corrected chi connectivity index (χ0v) is 14.8. The summed E-state index contributed by atoms with van der Waals surface area (Å²) in [6.07, 6.45) is 0. The topological polar surface area (TPSA) is 51.5 Å². The smallest absolute Gasteiger partial charge is 0.287 e. The number of para-hydroxylation sites is 2. The molecule has 0 saturated heterocycles.